The third kappa shape index (κ3) is 4.17. The zero-order valence-corrected chi connectivity index (χ0v) is 12.2. The normalized spacial score (nSPS) is 10.7. The molecule has 0 aliphatic heterocycles. The molecule has 0 bridgehead atoms. The van der Waals surface area contributed by atoms with Crippen LogP contribution in [0.3, 0.4) is 0 Å². The van der Waals surface area contributed by atoms with Gasteiger partial charge in [0, 0.05) is 34.3 Å². The zero-order valence-electron chi connectivity index (χ0n) is 11.4. The summed E-state index contributed by atoms with van der Waals surface area (Å²) >= 11 is 5.88. The van der Waals surface area contributed by atoms with Gasteiger partial charge < -0.3 is 10.2 Å². The number of phenols is 2. The number of hydrogen-bond donors (Lipinski definition) is 3. The number of carbonyl (C=O) groups is 1. The van der Waals surface area contributed by atoms with E-state index in [1.54, 1.807) is 0 Å². The van der Waals surface area contributed by atoms with E-state index in [4.69, 9.17) is 11.6 Å². The number of halogens is 1. The van der Waals surface area contributed by atoms with Crippen LogP contribution >= 0.6 is 11.6 Å². The van der Waals surface area contributed by atoms with E-state index in [-0.39, 0.29) is 33.3 Å². The number of nitro groups is 1. The van der Waals surface area contributed by atoms with Gasteiger partial charge in [0.15, 0.2) is 0 Å². The Labute approximate surface area is 134 Å². The number of nitro benzene ring substituents is 1. The van der Waals surface area contributed by atoms with Crippen LogP contribution in [0, 0.1) is 10.1 Å². The highest BCUT2D eigenvalue weighted by Gasteiger charge is 2.09. The van der Waals surface area contributed by atoms with Crippen molar-refractivity contribution in [2.24, 2.45) is 5.10 Å². The van der Waals surface area contributed by atoms with Crippen molar-refractivity contribution in [1.82, 2.24) is 5.43 Å². The van der Waals surface area contributed by atoms with E-state index in [9.17, 15) is 25.1 Å². The highest BCUT2D eigenvalue weighted by molar-refractivity contribution is 6.33. The first-order valence-electron chi connectivity index (χ1n) is 6.17. The summed E-state index contributed by atoms with van der Waals surface area (Å²) in [6.45, 7) is 0. The first-order valence-corrected chi connectivity index (χ1v) is 6.55. The average Bonchev–Trinajstić information content (AvgIpc) is 2.47. The molecule has 0 radical (unpaired) electrons. The summed E-state index contributed by atoms with van der Waals surface area (Å²) in [5.41, 5.74) is 2.23. The van der Waals surface area contributed by atoms with Crippen molar-refractivity contribution in [3.05, 3.63) is 62.7 Å². The molecule has 0 atom stereocenters. The largest absolute Gasteiger partial charge is 0.508 e. The van der Waals surface area contributed by atoms with E-state index in [2.05, 4.69) is 10.5 Å². The van der Waals surface area contributed by atoms with Crippen LogP contribution in [0.1, 0.15) is 15.9 Å². The molecule has 0 fully saturated rings. The van der Waals surface area contributed by atoms with Crippen LogP contribution in [-0.4, -0.2) is 27.3 Å². The SMILES string of the molecule is O=C(N/N=C/c1cc([N+](=O)[O-])ccc1Cl)c1cc(O)cc(O)c1. The van der Waals surface area contributed by atoms with E-state index < -0.39 is 10.8 Å². The highest BCUT2D eigenvalue weighted by Crippen LogP contribution is 2.21. The number of aromatic hydroxyl groups is 2. The molecule has 2 aromatic carbocycles. The molecular weight excluding hydrogens is 326 g/mol. The summed E-state index contributed by atoms with van der Waals surface area (Å²) in [7, 11) is 0. The summed E-state index contributed by atoms with van der Waals surface area (Å²) in [5.74, 6) is -1.24. The molecule has 0 aliphatic carbocycles. The summed E-state index contributed by atoms with van der Waals surface area (Å²) < 4.78 is 0. The second-order valence-electron chi connectivity index (χ2n) is 4.40. The monoisotopic (exact) mass is 335 g/mol. The van der Waals surface area contributed by atoms with E-state index in [0.717, 1.165) is 24.4 Å². The lowest BCUT2D eigenvalue weighted by molar-refractivity contribution is -0.384. The Morgan fingerprint density at radius 1 is 1.22 bits per heavy atom. The molecule has 9 heteroatoms. The van der Waals surface area contributed by atoms with E-state index in [0.29, 0.717) is 0 Å². The van der Waals surface area contributed by atoms with E-state index >= 15 is 0 Å². The molecule has 118 valence electrons. The fourth-order valence-electron chi connectivity index (χ4n) is 1.69. The van der Waals surface area contributed by atoms with Crippen molar-refractivity contribution < 1.29 is 19.9 Å². The molecule has 0 heterocycles. The number of phenolic OH excluding ortho intramolecular Hbond substituents is 2. The van der Waals surface area contributed by atoms with Gasteiger partial charge in [0.2, 0.25) is 0 Å². The van der Waals surface area contributed by atoms with Crippen LogP contribution in [0.15, 0.2) is 41.5 Å². The van der Waals surface area contributed by atoms with Crippen LogP contribution in [0.2, 0.25) is 5.02 Å². The second kappa shape index (κ2) is 6.75. The van der Waals surface area contributed by atoms with Crippen molar-refractivity contribution >= 4 is 29.4 Å². The average molecular weight is 336 g/mol. The van der Waals surface area contributed by atoms with Crippen molar-refractivity contribution in [1.29, 1.82) is 0 Å². The molecule has 8 nitrogen and oxygen atoms in total. The number of amides is 1. The maximum absolute atomic E-state index is 11.8. The van der Waals surface area contributed by atoms with Crippen molar-refractivity contribution in [2.45, 2.75) is 0 Å². The molecular formula is C14H10ClN3O5. The minimum absolute atomic E-state index is 0.00945. The van der Waals surface area contributed by atoms with Gasteiger partial charge in [-0.15, -0.1) is 0 Å². The van der Waals surface area contributed by atoms with Crippen LogP contribution in [0.5, 0.6) is 11.5 Å². The van der Waals surface area contributed by atoms with E-state index in [1.165, 1.54) is 18.2 Å². The van der Waals surface area contributed by atoms with Gasteiger partial charge in [-0.3, -0.25) is 14.9 Å². The number of hydrogen-bond acceptors (Lipinski definition) is 6. The molecule has 2 rings (SSSR count). The molecule has 0 saturated carbocycles. The number of nitrogens with one attached hydrogen (secondary N) is 1. The molecule has 23 heavy (non-hydrogen) atoms. The smallest absolute Gasteiger partial charge is 0.271 e. The predicted molar refractivity (Wildman–Crippen MR) is 82.9 cm³/mol. The van der Waals surface area contributed by atoms with Crippen molar-refractivity contribution in [3.8, 4) is 11.5 Å². The zero-order chi connectivity index (χ0) is 17.0. The lowest BCUT2D eigenvalue weighted by Crippen LogP contribution is -2.17. The fraction of sp³-hybridized carbons (Fsp3) is 0. The summed E-state index contributed by atoms with van der Waals surface area (Å²) in [4.78, 5) is 21.9. The predicted octanol–water partition coefficient (Wildman–Crippen LogP) is 2.42. The standard InChI is InChI=1S/C14H10ClN3O5/c15-13-2-1-10(18(22)23)3-9(13)7-16-17-14(21)8-4-11(19)6-12(20)5-8/h1-7,19-20H,(H,17,21)/b16-7+. The van der Waals surface area contributed by atoms with Gasteiger partial charge in [0.05, 0.1) is 11.1 Å². The molecule has 2 aromatic rings. The van der Waals surface area contributed by atoms with Gasteiger partial charge in [-0.2, -0.15) is 5.10 Å². The Hall–Kier alpha value is -3.13. The number of nitrogens with zero attached hydrogens (tertiary/aromatic N) is 2. The quantitative estimate of drug-likeness (QED) is 0.449. The number of non-ortho nitro benzene ring substituents is 1. The molecule has 0 aliphatic rings. The number of rotatable bonds is 4. The first-order chi connectivity index (χ1) is 10.9. The Bertz CT molecular complexity index is 787. The minimum Gasteiger partial charge on any atom is -0.508 e. The summed E-state index contributed by atoms with van der Waals surface area (Å²) in [5, 5.41) is 33.2. The van der Waals surface area contributed by atoms with Crippen LogP contribution in [0.25, 0.3) is 0 Å². The van der Waals surface area contributed by atoms with Gasteiger partial charge in [-0.1, -0.05) is 11.6 Å². The molecule has 0 aromatic heterocycles. The number of hydrazone groups is 1. The fourth-order valence-corrected chi connectivity index (χ4v) is 1.86. The molecule has 0 spiro atoms. The molecule has 1 amide bonds. The third-order valence-corrected chi connectivity index (χ3v) is 3.07. The molecule has 0 saturated heterocycles. The van der Waals surface area contributed by atoms with Crippen LogP contribution in [-0.2, 0) is 0 Å². The molecule has 0 unspecified atom stereocenters. The van der Waals surface area contributed by atoms with Gasteiger partial charge in [0.25, 0.3) is 11.6 Å². The second-order valence-corrected chi connectivity index (χ2v) is 4.81. The topological polar surface area (TPSA) is 125 Å². The van der Waals surface area contributed by atoms with Gasteiger partial charge >= 0.3 is 0 Å². The first kappa shape index (κ1) is 16.2. The Morgan fingerprint density at radius 2 is 1.87 bits per heavy atom. The van der Waals surface area contributed by atoms with Gasteiger partial charge in [0.1, 0.15) is 11.5 Å². The molecule has 3 N–H and O–H groups in total. The van der Waals surface area contributed by atoms with E-state index in [1.807, 2.05) is 0 Å². The Kier molecular flexibility index (Phi) is 4.77. The van der Waals surface area contributed by atoms with Crippen molar-refractivity contribution in [3.63, 3.8) is 0 Å². The van der Waals surface area contributed by atoms with Crippen LogP contribution < -0.4 is 5.43 Å². The third-order valence-electron chi connectivity index (χ3n) is 2.72. The van der Waals surface area contributed by atoms with Gasteiger partial charge in [-0.05, 0) is 18.2 Å². The summed E-state index contributed by atoms with van der Waals surface area (Å²) in [6, 6.07) is 7.15. The maximum atomic E-state index is 11.8. The Morgan fingerprint density at radius 3 is 2.48 bits per heavy atom. The highest BCUT2D eigenvalue weighted by atomic mass is 35.5. The Balaban J connectivity index is 2.14. The number of benzene rings is 2. The lowest BCUT2D eigenvalue weighted by atomic mass is 10.2. The maximum Gasteiger partial charge on any atom is 0.271 e. The lowest BCUT2D eigenvalue weighted by Gasteiger charge is -2.02. The summed E-state index contributed by atoms with van der Waals surface area (Å²) in [6.07, 6.45) is 1.15. The van der Waals surface area contributed by atoms with Crippen LogP contribution in [0.4, 0.5) is 5.69 Å². The van der Waals surface area contributed by atoms with Gasteiger partial charge in [-0.25, -0.2) is 5.43 Å². The number of carbonyl (C=O) groups excluding carboxylic acids is 1. The minimum atomic E-state index is -0.686. The van der Waals surface area contributed by atoms with Crippen molar-refractivity contribution in [2.75, 3.05) is 0 Å².